The molecule has 9 heteroatoms. The molecule has 7 nitrogen and oxygen atoms in total. The molecule has 2 aromatic rings. The van der Waals surface area contributed by atoms with E-state index >= 15 is 0 Å². The number of aldehydes is 1. The van der Waals surface area contributed by atoms with Crippen LogP contribution in [0.2, 0.25) is 0 Å². The Morgan fingerprint density at radius 1 is 1.34 bits per heavy atom. The number of halogens is 2. The number of carbonyl (C=O) groups excluding carboxylic acids is 2. The van der Waals surface area contributed by atoms with Crippen molar-refractivity contribution in [2.75, 3.05) is 5.32 Å². The predicted molar refractivity (Wildman–Crippen MR) is 99.8 cm³/mol. The summed E-state index contributed by atoms with van der Waals surface area (Å²) in [6.07, 6.45) is 8.19. The molecule has 2 aromatic heterocycles. The largest absolute Gasteiger partial charge is 0.318 e. The number of nitrogens with one attached hydrogen (secondary N) is 2. The SMILES string of the molecule is CC12Cc3[nH]nc(C(=O)Nc4cnn(C5CCC(C=O)CC5)c4)c3C[C@@H]1C2(F)F. The molecule has 2 saturated carbocycles. The molecule has 0 saturated heterocycles. The van der Waals surface area contributed by atoms with Gasteiger partial charge in [0.25, 0.3) is 11.8 Å². The van der Waals surface area contributed by atoms with E-state index in [1.807, 2.05) is 4.68 Å². The quantitative estimate of drug-likeness (QED) is 0.767. The van der Waals surface area contributed by atoms with Crippen LogP contribution in [0.5, 0.6) is 0 Å². The van der Waals surface area contributed by atoms with Crippen molar-refractivity contribution >= 4 is 17.9 Å². The van der Waals surface area contributed by atoms with E-state index in [4.69, 9.17) is 0 Å². The third kappa shape index (κ3) is 2.73. The highest BCUT2D eigenvalue weighted by Crippen LogP contribution is 2.70. The van der Waals surface area contributed by atoms with Crippen LogP contribution >= 0.6 is 0 Å². The molecular formula is C20H23F2N5O2. The lowest BCUT2D eigenvalue weighted by Gasteiger charge is -2.25. The molecule has 1 amide bonds. The van der Waals surface area contributed by atoms with Crippen molar-refractivity contribution in [2.45, 2.75) is 57.4 Å². The van der Waals surface area contributed by atoms with Crippen LogP contribution in [-0.2, 0) is 17.6 Å². The number of hydrogen-bond donors (Lipinski definition) is 2. The third-order valence-electron chi connectivity index (χ3n) is 7.17. The summed E-state index contributed by atoms with van der Waals surface area (Å²) in [4.78, 5) is 23.6. The van der Waals surface area contributed by atoms with E-state index in [1.165, 1.54) is 0 Å². The standard InChI is InChI=1S/C20H23F2N5O2/c1-19-7-15-14(6-16(19)20(19,21)22)17(26-25-15)18(29)24-12-8-23-27(9-12)13-4-2-11(10-28)3-5-13/h8-11,13,16H,2-7H2,1H3,(H,24,29)(H,25,26)/t11?,13?,16-,19?/m0/s1. The van der Waals surface area contributed by atoms with Crippen LogP contribution in [0.15, 0.2) is 12.4 Å². The van der Waals surface area contributed by atoms with Crippen molar-refractivity contribution in [1.82, 2.24) is 20.0 Å². The number of hydrogen-bond acceptors (Lipinski definition) is 4. The number of anilines is 1. The van der Waals surface area contributed by atoms with E-state index in [9.17, 15) is 18.4 Å². The fourth-order valence-corrected chi connectivity index (χ4v) is 5.09. The van der Waals surface area contributed by atoms with Crippen LogP contribution < -0.4 is 5.32 Å². The second-order valence-corrected chi connectivity index (χ2v) is 8.87. The molecule has 2 fully saturated rings. The molecule has 1 unspecified atom stereocenters. The van der Waals surface area contributed by atoms with Crippen LogP contribution in [0.3, 0.4) is 0 Å². The molecule has 0 spiro atoms. The van der Waals surface area contributed by atoms with E-state index in [1.54, 1.807) is 19.3 Å². The number of H-pyrrole nitrogens is 1. The number of fused-ring (bicyclic) bond motifs is 2. The highest BCUT2D eigenvalue weighted by atomic mass is 19.3. The normalized spacial score (nSPS) is 32.2. The Balaban J connectivity index is 1.27. The molecule has 2 heterocycles. The lowest BCUT2D eigenvalue weighted by molar-refractivity contribution is -0.112. The number of nitrogens with zero attached hydrogens (tertiary/aromatic N) is 3. The van der Waals surface area contributed by atoms with Gasteiger partial charge < -0.3 is 10.1 Å². The van der Waals surface area contributed by atoms with Crippen molar-refractivity contribution in [2.24, 2.45) is 17.3 Å². The minimum atomic E-state index is -2.69. The molecule has 2 N–H and O–H groups in total. The van der Waals surface area contributed by atoms with E-state index in [-0.39, 0.29) is 30.5 Å². The molecule has 29 heavy (non-hydrogen) atoms. The first-order valence-corrected chi connectivity index (χ1v) is 10.1. The van der Waals surface area contributed by atoms with Gasteiger partial charge in [-0.3, -0.25) is 14.6 Å². The van der Waals surface area contributed by atoms with Crippen molar-refractivity contribution in [3.05, 3.63) is 29.3 Å². The Labute approximate surface area is 166 Å². The topological polar surface area (TPSA) is 92.7 Å². The molecule has 154 valence electrons. The van der Waals surface area contributed by atoms with Gasteiger partial charge in [0.1, 0.15) is 6.29 Å². The minimum absolute atomic E-state index is 0.132. The van der Waals surface area contributed by atoms with Gasteiger partial charge in [0.05, 0.1) is 17.9 Å². The Hall–Kier alpha value is -2.58. The number of rotatable bonds is 4. The number of alkyl halides is 2. The molecule has 5 rings (SSSR count). The molecular weight excluding hydrogens is 380 g/mol. The molecule has 0 aliphatic heterocycles. The Morgan fingerprint density at radius 3 is 2.83 bits per heavy atom. The van der Waals surface area contributed by atoms with E-state index in [2.05, 4.69) is 20.6 Å². The average Bonchev–Trinajstić information content (AvgIpc) is 3.15. The van der Waals surface area contributed by atoms with Gasteiger partial charge in [-0.1, -0.05) is 6.92 Å². The van der Waals surface area contributed by atoms with Crippen molar-refractivity contribution in [3.63, 3.8) is 0 Å². The molecule has 0 radical (unpaired) electrons. The van der Waals surface area contributed by atoms with Gasteiger partial charge >= 0.3 is 0 Å². The number of amides is 1. The zero-order chi connectivity index (χ0) is 20.4. The summed E-state index contributed by atoms with van der Waals surface area (Å²) < 4.78 is 30.0. The maximum Gasteiger partial charge on any atom is 0.276 e. The summed E-state index contributed by atoms with van der Waals surface area (Å²) in [5.74, 6) is -3.70. The second-order valence-electron chi connectivity index (χ2n) is 8.87. The highest BCUT2D eigenvalue weighted by Gasteiger charge is 2.78. The zero-order valence-corrected chi connectivity index (χ0v) is 16.1. The molecule has 0 aromatic carbocycles. The molecule has 2 atom stereocenters. The van der Waals surface area contributed by atoms with E-state index < -0.39 is 23.2 Å². The molecule has 3 aliphatic rings. The van der Waals surface area contributed by atoms with Crippen LogP contribution in [0.25, 0.3) is 0 Å². The molecule has 0 bridgehead atoms. The van der Waals surface area contributed by atoms with Crippen molar-refractivity contribution in [1.29, 1.82) is 0 Å². The van der Waals surface area contributed by atoms with Gasteiger partial charge in [-0.25, -0.2) is 8.78 Å². The van der Waals surface area contributed by atoms with Gasteiger partial charge in [-0.15, -0.1) is 0 Å². The van der Waals surface area contributed by atoms with E-state index in [0.717, 1.165) is 32.0 Å². The van der Waals surface area contributed by atoms with Gasteiger partial charge in [0.15, 0.2) is 5.69 Å². The lowest BCUT2D eigenvalue weighted by atomic mass is 9.87. The minimum Gasteiger partial charge on any atom is -0.318 e. The van der Waals surface area contributed by atoms with Gasteiger partial charge in [-0.2, -0.15) is 10.2 Å². The summed E-state index contributed by atoms with van der Waals surface area (Å²) in [5, 5.41) is 14.0. The Morgan fingerprint density at radius 2 is 2.10 bits per heavy atom. The smallest absolute Gasteiger partial charge is 0.276 e. The summed E-state index contributed by atoms with van der Waals surface area (Å²) in [6, 6.07) is 0.213. The van der Waals surface area contributed by atoms with Gasteiger partial charge in [0.2, 0.25) is 0 Å². The summed E-state index contributed by atoms with van der Waals surface area (Å²) >= 11 is 0. The third-order valence-corrected chi connectivity index (χ3v) is 7.17. The molecule has 3 aliphatic carbocycles. The maximum atomic E-state index is 14.1. The predicted octanol–water partition coefficient (Wildman–Crippen LogP) is 3.16. The second kappa shape index (κ2) is 6.21. The first-order chi connectivity index (χ1) is 13.8. The Kier molecular flexibility index (Phi) is 3.95. The number of aromatic nitrogens is 4. The average molecular weight is 403 g/mol. The van der Waals surface area contributed by atoms with Crippen LogP contribution in [0.4, 0.5) is 14.5 Å². The first-order valence-electron chi connectivity index (χ1n) is 10.1. The monoisotopic (exact) mass is 403 g/mol. The maximum absolute atomic E-state index is 14.1. The fraction of sp³-hybridized carbons (Fsp3) is 0.600. The first kappa shape index (κ1) is 18.4. The highest BCUT2D eigenvalue weighted by molar-refractivity contribution is 6.04. The van der Waals surface area contributed by atoms with Gasteiger partial charge in [0, 0.05) is 41.1 Å². The summed E-state index contributed by atoms with van der Waals surface area (Å²) in [6.45, 7) is 1.60. The summed E-state index contributed by atoms with van der Waals surface area (Å²) in [5.41, 5.74) is 0.936. The van der Waals surface area contributed by atoms with Crippen molar-refractivity contribution < 1.29 is 18.4 Å². The zero-order valence-electron chi connectivity index (χ0n) is 16.1. The fourth-order valence-electron chi connectivity index (χ4n) is 5.09. The van der Waals surface area contributed by atoms with Crippen LogP contribution in [-0.4, -0.2) is 38.1 Å². The Bertz CT molecular complexity index is 975. The van der Waals surface area contributed by atoms with Gasteiger partial charge in [-0.05, 0) is 32.1 Å². The van der Waals surface area contributed by atoms with Crippen LogP contribution in [0, 0.1) is 17.3 Å². The van der Waals surface area contributed by atoms with Crippen LogP contribution in [0.1, 0.15) is 60.4 Å². The summed E-state index contributed by atoms with van der Waals surface area (Å²) in [7, 11) is 0. The van der Waals surface area contributed by atoms with E-state index in [0.29, 0.717) is 16.9 Å². The number of aromatic amines is 1. The van der Waals surface area contributed by atoms with Crippen molar-refractivity contribution in [3.8, 4) is 0 Å². The number of carbonyl (C=O) groups is 2. The lowest BCUT2D eigenvalue weighted by Crippen LogP contribution is -2.19.